The molecule has 21 heavy (non-hydrogen) atoms. The highest BCUT2D eigenvalue weighted by molar-refractivity contribution is 5.62. The van der Waals surface area contributed by atoms with Crippen molar-refractivity contribution in [2.75, 3.05) is 5.73 Å². The van der Waals surface area contributed by atoms with Crippen LogP contribution in [0.3, 0.4) is 0 Å². The zero-order chi connectivity index (χ0) is 14.8. The Morgan fingerprint density at radius 3 is 2.67 bits per heavy atom. The first-order valence-corrected chi connectivity index (χ1v) is 6.77. The van der Waals surface area contributed by atoms with Crippen LogP contribution in [0.15, 0.2) is 54.6 Å². The van der Waals surface area contributed by atoms with E-state index in [0.717, 1.165) is 11.1 Å². The van der Waals surface area contributed by atoms with E-state index in [9.17, 15) is 4.39 Å². The van der Waals surface area contributed by atoms with Crippen LogP contribution in [0.4, 0.5) is 10.2 Å². The quantitative estimate of drug-likeness (QED) is 0.796. The average molecular weight is 281 g/mol. The molecule has 106 valence electrons. The van der Waals surface area contributed by atoms with Crippen LogP contribution in [0.5, 0.6) is 0 Å². The summed E-state index contributed by atoms with van der Waals surface area (Å²) in [7, 11) is 0. The van der Waals surface area contributed by atoms with Gasteiger partial charge in [0, 0.05) is 11.6 Å². The van der Waals surface area contributed by atoms with Crippen LogP contribution in [0.25, 0.3) is 11.3 Å². The van der Waals surface area contributed by atoms with Crippen molar-refractivity contribution in [3.05, 3.63) is 71.5 Å². The third kappa shape index (κ3) is 2.79. The van der Waals surface area contributed by atoms with Crippen molar-refractivity contribution in [2.45, 2.75) is 13.5 Å². The van der Waals surface area contributed by atoms with Crippen molar-refractivity contribution in [2.24, 2.45) is 0 Å². The summed E-state index contributed by atoms with van der Waals surface area (Å²) in [6.07, 6.45) is 0. The zero-order valence-electron chi connectivity index (χ0n) is 11.8. The molecule has 0 fully saturated rings. The smallest absolute Gasteiger partial charge is 0.123 e. The van der Waals surface area contributed by atoms with Gasteiger partial charge >= 0.3 is 0 Å². The molecule has 0 amide bonds. The number of aryl methyl sites for hydroxylation is 1. The van der Waals surface area contributed by atoms with Gasteiger partial charge in [0.15, 0.2) is 0 Å². The van der Waals surface area contributed by atoms with Crippen molar-refractivity contribution >= 4 is 5.82 Å². The number of nitrogens with zero attached hydrogens (tertiary/aromatic N) is 2. The van der Waals surface area contributed by atoms with Gasteiger partial charge in [-0.2, -0.15) is 5.10 Å². The lowest BCUT2D eigenvalue weighted by Gasteiger charge is -2.07. The molecule has 2 aromatic carbocycles. The molecule has 0 aliphatic heterocycles. The predicted octanol–water partition coefficient (Wildman–Crippen LogP) is 3.63. The van der Waals surface area contributed by atoms with Gasteiger partial charge in [-0.1, -0.05) is 36.4 Å². The molecule has 3 nitrogen and oxygen atoms in total. The van der Waals surface area contributed by atoms with E-state index in [0.29, 0.717) is 18.1 Å². The van der Waals surface area contributed by atoms with Gasteiger partial charge in [-0.25, -0.2) is 9.07 Å². The SMILES string of the molecule is Cc1ccccc1Cn1nc(-c2cccc(F)c2)cc1N. The monoisotopic (exact) mass is 281 g/mol. The van der Waals surface area contributed by atoms with Crippen molar-refractivity contribution in [3.63, 3.8) is 0 Å². The van der Waals surface area contributed by atoms with Crippen molar-refractivity contribution < 1.29 is 4.39 Å². The lowest BCUT2D eigenvalue weighted by Crippen LogP contribution is -2.06. The largest absolute Gasteiger partial charge is 0.384 e. The Bertz CT molecular complexity index is 777. The number of benzene rings is 2. The minimum absolute atomic E-state index is 0.278. The summed E-state index contributed by atoms with van der Waals surface area (Å²) in [6, 6.07) is 16.2. The maximum Gasteiger partial charge on any atom is 0.123 e. The molecule has 0 bridgehead atoms. The van der Waals surface area contributed by atoms with Crippen molar-refractivity contribution in [1.82, 2.24) is 9.78 Å². The molecule has 0 spiro atoms. The highest BCUT2D eigenvalue weighted by atomic mass is 19.1. The molecular formula is C17H16FN3. The van der Waals surface area contributed by atoms with Gasteiger partial charge in [-0.05, 0) is 30.2 Å². The number of nitrogens with two attached hydrogens (primary N) is 1. The molecule has 0 unspecified atom stereocenters. The Morgan fingerprint density at radius 1 is 1.10 bits per heavy atom. The first-order chi connectivity index (χ1) is 10.1. The second-order valence-electron chi connectivity index (χ2n) is 5.05. The number of anilines is 1. The number of hydrogen-bond donors (Lipinski definition) is 1. The van der Waals surface area contributed by atoms with Gasteiger partial charge in [0.05, 0.1) is 12.2 Å². The van der Waals surface area contributed by atoms with E-state index in [1.54, 1.807) is 16.8 Å². The maximum absolute atomic E-state index is 13.3. The molecule has 3 aromatic rings. The number of hydrogen-bond acceptors (Lipinski definition) is 2. The Balaban J connectivity index is 1.93. The van der Waals surface area contributed by atoms with Gasteiger partial charge < -0.3 is 5.73 Å². The lowest BCUT2D eigenvalue weighted by molar-refractivity contribution is 0.628. The Kier molecular flexibility index (Phi) is 3.44. The molecule has 1 heterocycles. The van der Waals surface area contributed by atoms with E-state index in [2.05, 4.69) is 24.2 Å². The number of rotatable bonds is 3. The normalized spacial score (nSPS) is 10.8. The summed E-state index contributed by atoms with van der Waals surface area (Å²) < 4.78 is 15.0. The van der Waals surface area contributed by atoms with E-state index < -0.39 is 0 Å². The van der Waals surface area contributed by atoms with Crippen LogP contribution in [-0.2, 0) is 6.54 Å². The molecule has 0 atom stereocenters. The van der Waals surface area contributed by atoms with Crippen molar-refractivity contribution in [3.8, 4) is 11.3 Å². The summed E-state index contributed by atoms with van der Waals surface area (Å²) in [5, 5.41) is 4.48. The Morgan fingerprint density at radius 2 is 1.90 bits per heavy atom. The van der Waals surface area contributed by atoms with Gasteiger partial charge in [0.1, 0.15) is 11.6 Å². The van der Waals surface area contributed by atoms with E-state index in [1.165, 1.54) is 17.7 Å². The maximum atomic E-state index is 13.3. The topological polar surface area (TPSA) is 43.8 Å². The fraction of sp³-hybridized carbons (Fsp3) is 0.118. The predicted molar refractivity (Wildman–Crippen MR) is 82.3 cm³/mol. The van der Waals surface area contributed by atoms with E-state index >= 15 is 0 Å². The minimum atomic E-state index is -0.278. The molecule has 0 saturated heterocycles. The fourth-order valence-corrected chi connectivity index (χ4v) is 2.30. The summed E-state index contributed by atoms with van der Waals surface area (Å²) in [5.74, 6) is 0.289. The van der Waals surface area contributed by atoms with E-state index in [-0.39, 0.29) is 5.82 Å². The molecule has 0 radical (unpaired) electrons. The van der Waals surface area contributed by atoms with Crippen LogP contribution >= 0.6 is 0 Å². The number of nitrogen functional groups attached to an aromatic ring is 1. The summed E-state index contributed by atoms with van der Waals surface area (Å²) in [6.45, 7) is 2.66. The van der Waals surface area contributed by atoms with Gasteiger partial charge in [-0.3, -0.25) is 0 Å². The third-order valence-corrected chi connectivity index (χ3v) is 3.51. The second-order valence-corrected chi connectivity index (χ2v) is 5.05. The second kappa shape index (κ2) is 5.40. The van der Waals surface area contributed by atoms with Gasteiger partial charge in [0.25, 0.3) is 0 Å². The summed E-state index contributed by atoms with van der Waals surface area (Å²) >= 11 is 0. The Hall–Kier alpha value is -2.62. The molecule has 3 rings (SSSR count). The summed E-state index contributed by atoms with van der Waals surface area (Å²) in [4.78, 5) is 0. The molecule has 1 aromatic heterocycles. The summed E-state index contributed by atoms with van der Waals surface area (Å²) in [5.41, 5.74) is 9.79. The zero-order valence-corrected chi connectivity index (χ0v) is 11.8. The highest BCUT2D eigenvalue weighted by Gasteiger charge is 2.09. The molecule has 4 heteroatoms. The molecule has 0 saturated carbocycles. The van der Waals surface area contributed by atoms with Gasteiger partial charge in [-0.15, -0.1) is 0 Å². The van der Waals surface area contributed by atoms with Crippen LogP contribution in [-0.4, -0.2) is 9.78 Å². The standard InChI is InChI=1S/C17H16FN3/c1-12-5-2-3-6-14(12)11-21-17(19)10-16(20-21)13-7-4-8-15(18)9-13/h2-10H,11,19H2,1H3. The first kappa shape index (κ1) is 13.4. The van der Waals surface area contributed by atoms with Gasteiger partial charge in [0.2, 0.25) is 0 Å². The Labute approximate surface area is 122 Å². The molecular weight excluding hydrogens is 265 g/mol. The minimum Gasteiger partial charge on any atom is -0.384 e. The molecule has 0 aliphatic carbocycles. The lowest BCUT2D eigenvalue weighted by atomic mass is 10.1. The fourth-order valence-electron chi connectivity index (χ4n) is 2.30. The van der Waals surface area contributed by atoms with Crippen LogP contribution in [0, 0.1) is 12.7 Å². The van der Waals surface area contributed by atoms with Crippen LogP contribution < -0.4 is 5.73 Å². The first-order valence-electron chi connectivity index (χ1n) is 6.77. The van der Waals surface area contributed by atoms with Crippen LogP contribution in [0.1, 0.15) is 11.1 Å². The average Bonchev–Trinajstić information content (AvgIpc) is 2.83. The molecule has 0 aliphatic rings. The number of aromatic nitrogens is 2. The molecule has 2 N–H and O–H groups in total. The number of halogens is 1. The van der Waals surface area contributed by atoms with Crippen LogP contribution in [0.2, 0.25) is 0 Å². The van der Waals surface area contributed by atoms with E-state index in [4.69, 9.17) is 5.73 Å². The van der Waals surface area contributed by atoms with Crippen molar-refractivity contribution in [1.29, 1.82) is 0 Å². The highest BCUT2D eigenvalue weighted by Crippen LogP contribution is 2.22. The third-order valence-electron chi connectivity index (χ3n) is 3.51. The van der Waals surface area contributed by atoms with E-state index in [1.807, 2.05) is 18.2 Å².